The molecular formula is C14H28F3IN4. The monoisotopic (exact) mass is 436 g/mol. The lowest BCUT2D eigenvalue weighted by molar-refractivity contribution is -0.143. The summed E-state index contributed by atoms with van der Waals surface area (Å²) < 4.78 is 37.0. The number of likely N-dealkylation sites (tertiary alicyclic amines) is 1. The molecule has 0 amide bonds. The lowest BCUT2D eigenvalue weighted by Crippen LogP contribution is -2.45. The quantitative estimate of drug-likeness (QED) is 0.291. The molecule has 4 nitrogen and oxygen atoms in total. The highest BCUT2D eigenvalue weighted by Gasteiger charge is 2.34. The van der Waals surface area contributed by atoms with Crippen molar-refractivity contribution in [3.8, 4) is 0 Å². The fourth-order valence-electron chi connectivity index (χ4n) is 2.45. The minimum absolute atomic E-state index is 0. The Bertz CT molecular complexity index is 335. The lowest BCUT2D eigenvalue weighted by atomic mass is 10.1. The highest BCUT2D eigenvalue weighted by atomic mass is 127. The lowest BCUT2D eigenvalue weighted by Gasteiger charge is -2.20. The Labute approximate surface area is 148 Å². The van der Waals surface area contributed by atoms with Crippen molar-refractivity contribution in [3.63, 3.8) is 0 Å². The van der Waals surface area contributed by atoms with Crippen molar-refractivity contribution in [2.24, 2.45) is 10.9 Å². The van der Waals surface area contributed by atoms with Gasteiger partial charge in [0.25, 0.3) is 0 Å². The van der Waals surface area contributed by atoms with Crippen molar-refractivity contribution in [3.05, 3.63) is 0 Å². The summed E-state index contributed by atoms with van der Waals surface area (Å²) in [6.07, 6.45) is -1.20. The minimum atomic E-state index is -4.12. The highest BCUT2D eigenvalue weighted by Crippen LogP contribution is 2.19. The largest absolute Gasteiger partial charge is 0.401 e. The molecule has 1 saturated heterocycles. The van der Waals surface area contributed by atoms with E-state index < -0.39 is 12.7 Å². The maximum absolute atomic E-state index is 12.3. The molecule has 1 unspecified atom stereocenters. The van der Waals surface area contributed by atoms with E-state index in [-0.39, 0.29) is 30.0 Å². The topological polar surface area (TPSA) is 39.7 Å². The Hall–Kier alpha value is -0.250. The fraction of sp³-hybridized carbons (Fsp3) is 0.929. The van der Waals surface area contributed by atoms with Crippen LogP contribution in [-0.2, 0) is 0 Å². The van der Waals surface area contributed by atoms with Gasteiger partial charge in [0.05, 0.1) is 6.54 Å². The molecule has 8 heteroatoms. The van der Waals surface area contributed by atoms with Crippen molar-refractivity contribution in [1.82, 2.24) is 15.5 Å². The van der Waals surface area contributed by atoms with Crippen LogP contribution in [0.4, 0.5) is 13.2 Å². The second kappa shape index (κ2) is 10.5. The van der Waals surface area contributed by atoms with E-state index in [1.807, 2.05) is 0 Å². The predicted octanol–water partition coefficient (Wildman–Crippen LogP) is 2.84. The van der Waals surface area contributed by atoms with Crippen molar-refractivity contribution in [2.45, 2.75) is 45.3 Å². The molecule has 0 bridgehead atoms. The smallest absolute Gasteiger partial charge is 0.356 e. The van der Waals surface area contributed by atoms with Gasteiger partial charge in [0.15, 0.2) is 5.96 Å². The van der Waals surface area contributed by atoms with Crippen LogP contribution in [-0.4, -0.2) is 56.3 Å². The number of rotatable bonds is 6. The molecule has 1 rings (SSSR count). The number of nitrogens with one attached hydrogen (secondary N) is 2. The average molecular weight is 436 g/mol. The molecule has 0 saturated carbocycles. The Morgan fingerprint density at radius 1 is 1.36 bits per heavy atom. The van der Waals surface area contributed by atoms with Gasteiger partial charge in [-0.3, -0.25) is 9.89 Å². The predicted molar refractivity (Wildman–Crippen MR) is 94.9 cm³/mol. The van der Waals surface area contributed by atoms with Gasteiger partial charge >= 0.3 is 6.18 Å². The van der Waals surface area contributed by atoms with Gasteiger partial charge in [-0.05, 0) is 25.2 Å². The molecule has 1 aliphatic heterocycles. The summed E-state index contributed by atoms with van der Waals surface area (Å²) >= 11 is 0. The Balaban J connectivity index is 0.00000441. The fourth-order valence-corrected chi connectivity index (χ4v) is 2.45. The van der Waals surface area contributed by atoms with E-state index in [2.05, 4.69) is 29.5 Å². The van der Waals surface area contributed by atoms with Gasteiger partial charge in [0.1, 0.15) is 0 Å². The van der Waals surface area contributed by atoms with Crippen LogP contribution >= 0.6 is 24.0 Å². The van der Waals surface area contributed by atoms with E-state index in [1.54, 1.807) is 7.05 Å². The van der Waals surface area contributed by atoms with Crippen molar-refractivity contribution in [2.75, 3.05) is 33.2 Å². The van der Waals surface area contributed by atoms with Gasteiger partial charge in [-0.25, -0.2) is 0 Å². The van der Waals surface area contributed by atoms with Gasteiger partial charge in [-0.1, -0.05) is 13.8 Å². The van der Waals surface area contributed by atoms with Crippen molar-refractivity contribution in [1.29, 1.82) is 0 Å². The molecule has 1 heterocycles. The molecule has 0 aromatic heterocycles. The van der Waals surface area contributed by atoms with E-state index in [0.717, 1.165) is 19.4 Å². The zero-order chi connectivity index (χ0) is 15.9. The van der Waals surface area contributed by atoms with Gasteiger partial charge in [-0.2, -0.15) is 13.2 Å². The average Bonchev–Trinajstić information content (AvgIpc) is 2.77. The van der Waals surface area contributed by atoms with Crippen LogP contribution in [0.15, 0.2) is 4.99 Å². The van der Waals surface area contributed by atoms with Crippen LogP contribution in [0.5, 0.6) is 0 Å². The van der Waals surface area contributed by atoms with Crippen molar-refractivity contribution < 1.29 is 13.2 Å². The molecule has 0 aromatic carbocycles. The van der Waals surface area contributed by atoms with E-state index in [4.69, 9.17) is 0 Å². The number of hydrogen-bond acceptors (Lipinski definition) is 2. The zero-order valence-corrected chi connectivity index (χ0v) is 15.9. The molecular weight excluding hydrogens is 408 g/mol. The van der Waals surface area contributed by atoms with Crippen LogP contribution in [0.2, 0.25) is 0 Å². The van der Waals surface area contributed by atoms with Crippen LogP contribution in [0, 0.1) is 5.92 Å². The number of alkyl halides is 3. The molecule has 22 heavy (non-hydrogen) atoms. The van der Waals surface area contributed by atoms with Crippen LogP contribution in [0.25, 0.3) is 0 Å². The van der Waals surface area contributed by atoms with Crippen LogP contribution < -0.4 is 10.6 Å². The molecule has 0 aliphatic carbocycles. The summed E-state index contributed by atoms with van der Waals surface area (Å²) in [6, 6.07) is 0.0312. The van der Waals surface area contributed by atoms with Gasteiger partial charge in [0, 0.05) is 32.7 Å². The first-order chi connectivity index (χ1) is 9.80. The summed E-state index contributed by atoms with van der Waals surface area (Å²) in [7, 11) is 1.68. The van der Waals surface area contributed by atoms with Crippen LogP contribution in [0.3, 0.4) is 0 Å². The SMILES string of the molecule is CN=C(NCCCC(C)C)NC1CCN(CC(F)(F)F)C1.I. The van der Waals surface area contributed by atoms with E-state index in [0.29, 0.717) is 31.4 Å². The molecule has 1 fully saturated rings. The number of halogens is 4. The van der Waals surface area contributed by atoms with E-state index in [1.165, 1.54) is 4.90 Å². The third kappa shape index (κ3) is 9.70. The van der Waals surface area contributed by atoms with Gasteiger partial charge in [0.2, 0.25) is 0 Å². The third-order valence-electron chi connectivity index (χ3n) is 3.49. The summed E-state index contributed by atoms with van der Waals surface area (Å²) in [4.78, 5) is 5.56. The number of nitrogens with zero attached hydrogens (tertiary/aromatic N) is 2. The molecule has 1 aliphatic rings. The Morgan fingerprint density at radius 2 is 2.05 bits per heavy atom. The van der Waals surface area contributed by atoms with Crippen LogP contribution in [0.1, 0.15) is 33.1 Å². The molecule has 132 valence electrons. The van der Waals surface area contributed by atoms with E-state index in [9.17, 15) is 13.2 Å². The normalized spacial score (nSPS) is 20.1. The standard InChI is InChI=1S/C14H27F3N4.HI/c1-11(2)5-4-7-19-13(18-3)20-12-6-8-21(9-12)10-14(15,16)17;/h11-12H,4-10H2,1-3H3,(H2,18,19,20);1H. The Kier molecular flexibility index (Phi) is 10.4. The number of aliphatic imine (C=N–C) groups is 1. The molecule has 2 N–H and O–H groups in total. The first-order valence-corrected chi connectivity index (χ1v) is 7.56. The zero-order valence-electron chi connectivity index (χ0n) is 13.5. The second-order valence-corrected chi connectivity index (χ2v) is 6.02. The first kappa shape index (κ1) is 21.8. The highest BCUT2D eigenvalue weighted by molar-refractivity contribution is 14.0. The van der Waals surface area contributed by atoms with Gasteiger partial charge in [-0.15, -0.1) is 24.0 Å². The maximum Gasteiger partial charge on any atom is 0.401 e. The summed E-state index contributed by atoms with van der Waals surface area (Å²) in [6.45, 7) is 5.25. The summed E-state index contributed by atoms with van der Waals surface area (Å²) in [5, 5.41) is 6.41. The molecule has 0 radical (unpaired) electrons. The third-order valence-corrected chi connectivity index (χ3v) is 3.49. The number of hydrogen-bond donors (Lipinski definition) is 2. The van der Waals surface area contributed by atoms with E-state index >= 15 is 0 Å². The number of guanidine groups is 1. The Morgan fingerprint density at radius 3 is 2.59 bits per heavy atom. The molecule has 1 atom stereocenters. The first-order valence-electron chi connectivity index (χ1n) is 7.56. The van der Waals surface area contributed by atoms with Gasteiger partial charge < -0.3 is 10.6 Å². The molecule has 0 spiro atoms. The van der Waals surface area contributed by atoms with Crippen molar-refractivity contribution >= 4 is 29.9 Å². The summed E-state index contributed by atoms with van der Waals surface area (Å²) in [5.41, 5.74) is 0. The maximum atomic E-state index is 12.3. The minimum Gasteiger partial charge on any atom is -0.356 e. The molecule has 0 aromatic rings. The summed E-state index contributed by atoms with van der Waals surface area (Å²) in [5.74, 6) is 1.35. The second-order valence-electron chi connectivity index (χ2n) is 6.02.